The molecule has 1 aliphatic rings. The molecule has 6 heteroatoms. The van der Waals surface area contributed by atoms with Gasteiger partial charge >= 0.3 is 0 Å². The minimum Gasteiger partial charge on any atom is -0.394 e. The minimum atomic E-state index is -1.10. The number of carbonyl (C=O) groups excluding carboxylic acids is 1. The molecule has 1 heterocycles. The summed E-state index contributed by atoms with van der Waals surface area (Å²) >= 11 is 0. The van der Waals surface area contributed by atoms with E-state index in [4.69, 9.17) is 14.6 Å². The van der Waals surface area contributed by atoms with E-state index >= 15 is 0 Å². The van der Waals surface area contributed by atoms with Gasteiger partial charge in [0.2, 0.25) is 0 Å². The van der Waals surface area contributed by atoms with Gasteiger partial charge in [-0.25, -0.2) is 0 Å². The van der Waals surface area contributed by atoms with Gasteiger partial charge in [-0.15, -0.1) is 0 Å². The van der Waals surface area contributed by atoms with Gasteiger partial charge in [-0.2, -0.15) is 0 Å². The summed E-state index contributed by atoms with van der Waals surface area (Å²) in [5.41, 5.74) is 0. The number of hydrogen-bond acceptors (Lipinski definition) is 6. The van der Waals surface area contributed by atoms with Crippen LogP contribution < -0.4 is 0 Å². The zero-order valence-electron chi connectivity index (χ0n) is 11.5. The van der Waals surface area contributed by atoms with Crippen molar-refractivity contribution in [1.82, 2.24) is 0 Å². The van der Waals surface area contributed by atoms with Crippen molar-refractivity contribution >= 4 is 5.78 Å². The van der Waals surface area contributed by atoms with Gasteiger partial charge in [0.15, 0.2) is 6.29 Å². The lowest BCUT2D eigenvalue weighted by Gasteiger charge is -2.40. The van der Waals surface area contributed by atoms with E-state index in [1.54, 1.807) is 13.8 Å². The van der Waals surface area contributed by atoms with Gasteiger partial charge in [0.1, 0.15) is 18.0 Å². The Labute approximate surface area is 113 Å². The highest BCUT2D eigenvalue weighted by Gasteiger charge is 2.42. The number of ether oxygens (including phenoxy) is 2. The Hall–Kier alpha value is -0.530. The van der Waals surface area contributed by atoms with Gasteiger partial charge in [0, 0.05) is 18.9 Å². The standard InChI is InChI=1S/C13H24O6/c1-8(15)5-3-4-6-18-13-9(2)11(16)12(17)10(7-14)19-13/h9-14,16-17H,3-7H2,1-2H3/t9?,10?,11-,12?,13-/m1/s1. The lowest BCUT2D eigenvalue weighted by molar-refractivity contribution is -0.282. The molecule has 0 amide bonds. The molecule has 1 saturated heterocycles. The normalized spacial score (nSPS) is 35.3. The van der Waals surface area contributed by atoms with Gasteiger partial charge in [0.25, 0.3) is 0 Å². The topological polar surface area (TPSA) is 96.2 Å². The van der Waals surface area contributed by atoms with E-state index in [1.165, 1.54) is 0 Å². The Morgan fingerprint density at radius 3 is 2.53 bits per heavy atom. The molecule has 0 spiro atoms. The SMILES string of the molecule is CC(=O)CCCCO[C@@H]1OC(CO)C(O)[C@H](O)C1C. The molecule has 19 heavy (non-hydrogen) atoms. The fourth-order valence-electron chi connectivity index (χ4n) is 2.09. The third-order valence-electron chi connectivity index (χ3n) is 3.39. The van der Waals surface area contributed by atoms with E-state index in [-0.39, 0.29) is 18.3 Å². The number of unbranched alkanes of at least 4 members (excludes halogenated alkanes) is 1. The van der Waals surface area contributed by atoms with Crippen molar-refractivity contribution in [1.29, 1.82) is 0 Å². The van der Waals surface area contributed by atoms with Gasteiger partial charge in [-0.1, -0.05) is 6.92 Å². The van der Waals surface area contributed by atoms with Crippen molar-refractivity contribution in [2.45, 2.75) is 57.7 Å². The molecule has 6 nitrogen and oxygen atoms in total. The maximum absolute atomic E-state index is 10.8. The van der Waals surface area contributed by atoms with Crippen LogP contribution in [0.15, 0.2) is 0 Å². The highest BCUT2D eigenvalue weighted by molar-refractivity contribution is 5.75. The average molecular weight is 276 g/mol. The first-order valence-corrected chi connectivity index (χ1v) is 6.71. The molecule has 3 N–H and O–H groups in total. The molecular formula is C13H24O6. The van der Waals surface area contributed by atoms with Crippen LogP contribution in [0.4, 0.5) is 0 Å². The second-order valence-electron chi connectivity index (χ2n) is 5.10. The summed E-state index contributed by atoms with van der Waals surface area (Å²) in [6, 6.07) is 0. The molecular weight excluding hydrogens is 252 g/mol. The molecule has 0 aromatic carbocycles. The van der Waals surface area contributed by atoms with Crippen LogP contribution in [0.5, 0.6) is 0 Å². The minimum absolute atomic E-state index is 0.154. The predicted molar refractivity (Wildman–Crippen MR) is 67.4 cm³/mol. The summed E-state index contributed by atoms with van der Waals surface area (Å²) in [5.74, 6) is -0.216. The molecule has 5 atom stereocenters. The Kier molecular flexibility index (Phi) is 6.88. The predicted octanol–water partition coefficient (Wildman–Crippen LogP) is -0.163. The molecule has 0 aliphatic carbocycles. The van der Waals surface area contributed by atoms with Gasteiger partial charge in [-0.3, -0.25) is 0 Å². The van der Waals surface area contributed by atoms with Crippen molar-refractivity contribution in [2.75, 3.05) is 13.2 Å². The molecule has 3 unspecified atom stereocenters. The zero-order chi connectivity index (χ0) is 14.4. The lowest BCUT2D eigenvalue weighted by atomic mass is 9.92. The second-order valence-corrected chi connectivity index (χ2v) is 5.10. The number of aliphatic hydroxyl groups excluding tert-OH is 3. The fraction of sp³-hybridized carbons (Fsp3) is 0.923. The summed E-state index contributed by atoms with van der Waals surface area (Å²) in [6.07, 6.45) is -1.53. The van der Waals surface area contributed by atoms with Crippen LogP contribution in [-0.2, 0) is 14.3 Å². The fourth-order valence-corrected chi connectivity index (χ4v) is 2.09. The Balaban J connectivity index is 2.33. The number of carbonyl (C=O) groups is 1. The van der Waals surface area contributed by atoms with Crippen LogP contribution >= 0.6 is 0 Å². The molecule has 1 rings (SSSR count). The van der Waals surface area contributed by atoms with Crippen LogP contribution in [-0.4, -0.2) is 58.9 Å². The van der Waals surface area contributed by atoms with Gasteiger partial charge in [-0.05, 0) is 19.8 Å². The number of Topliss-reactive ketones (excluding diaryl/α,β-unsaturated/α-hetero) is 1. The number of ketones is 1. The van der Waals surface area contributed by atoms with Crippen LogP contribution in [0.3, 0.4) is 0 Å². The van der Waals surface area contributed by atoms with Crippen LogP contribution in [0, 0.1) is 5.92 Å². The third-order valence-corrected chi connectivity index (χ3v) is 3.39. The maximum Gasteiger partial charge on any atom is 0.163 e. The number of rotatable bonds is 7. The monoisotopic (exact) mass is 276 g/mol. The third kappa shape index (κ3) is 4.81. The van der Waals surface area contributed by atoms with E-state index in [2.05, 4.69) is 0 Å². The zero-order valence-corrected chi connectivity index (χ0v) is 11.5. The van der Waals surface area contributed by atoms with Gasteiger partial charge in [0.05, 0.1) is 12.7 Å². The van der Waals surface area contributed by atoms with E-state index in [0.717, 1.165) is 12.8 Å². The van der Waals surface area contributed by atoms with Crippen molar-refractivity contribution in [3.05, 3.63) is 0 Å². The van der Waals surface area contributed by atoms with Crippen molar-refractivity contribution in [2.24, 2.45) is 5.92 Å². The molecule has 0 aromatic rings. The van der Waals surface area contributed by atoms with Crippen LogP contribution in [0.1, 0.15) is 33.1 Å². The molecule has 1 fully saturated rings. The highest BCUT2D eigenvalue weighted by atomic mass is 16.7. The first kappa shape index (κ1) is 16.5. The number of hydrogen-bond donors (Lipinski definition) is 3. The smallest absolute Gasteiger partial charge is 0.163 e. The highest BCUT2D eigenvalue weighted by Crippen LogP contribution is 2.26. The molecule has 0 saturated carbocycles. The van der Waals surface area contributed by atoms with Crippen LogP contribution in [0.25, 0.3) is 0 Å². The van der Waals surface area contributed by atoms with E-state index in [0.29, 0.717) is 13.0 Å². The average Bonchev–Trinajstić information content (AvgIpc) is 2.37. The van der Waals surface area contributed by atoms with E-state index in [9.17, 15) is 15.0 Å². The van der Waals surface area contributed by atoms with E-state index < -0.39 is 24.6 Å². The van der Waals surface area contributed by atoms with Crippen LogP contribution in [0.2, 0.25) is 0 Å². The maximum atomic E-state index is 10.8. The molecule has 0 aromatic heterocycles. The summed E-state index contributed by atoms with van der Waals surface area (Å²) in [6.45, 7) is 3.33. The van der Waals surface area contributed by atoms with Crippen molar-refractivity contribution in [3.63, 3.8) is 0 Å². The molecule has 0 radical (unpaired) electrons. The first-order chi connectivity index (χ1) is 8.97. The molecule has 1 aliphatic heterocycles. The molecule has 112 valence electrons. The summed E-state index contributed by atoms with van der Waals surface area (Å²) in [7, 11) is 0. The number of aliphatic hydroxyl groups is 3. The molecule has 0 bridgehead atoms. The quantitative estimate of drug-likeness (QED) is 0.559. The Morgan fingerprint density at radius 2 is 1.95 bits per heavy atom. The Morgan fingerprint density at radius 1 is 1.26 bits per heavy atom. The lowest BCUT2D eigenvalue weighted by Crippen LogP contribution is -2.55. The van der Waals surface area contributed by atoms with E-state index in [1.807, 2.05) is 0 Å². The Bertz CT molecular complexity index is 280. The summed E-state index contributed by atoms with van der Waals surface area (Å²) in [5, 5.41) is 28.6. The summed E-state index contributed by atoms with van der Waals surface area (Å²) in [4.78, 5) is 10.8. The first-order valence-electron chi connectivity index (χ1n) is 6.71. The largest absolute Gasteiger partial charge is 0.394 e. The van der Waals surface area contributed by atoms with Crippen molar-refractivity contribution in [3.8, 4) is 0 Å². The summed E-state index contributed by atoms with van der Waals surface area (Å²) < 4.78 is 10.9. The van der Waals surface area contributed by atoms with Crippen molar-refractivity contribution < 1.29 is 29.6 Å². The second kappa shape index (κ2) is 7.91. The van der Waals surface area contributed by atoms with Gasteiger partial charge < -0.3 is 29.6 Å².